The predicted octanol–water partition coefficient (Wildman–Crippen LogP) is 0.442. The number of hydrogen-bond acceptors (Lipinski definition) is 12. The second-order valence-corrected chi connectivity index (χ2v) is 9.98. The van der Waals surface area contributed by atoms with E-state index in [-0.39, 0.29) is 38.6 Å². The van der Waals surface area contributed by atoms with Crippen LogP contribution in [0.1, 0.15) is 34.1 Å². The lowest BCUT2D eigenvalue weighted by molar-refractivity contribution is -0.146. The van der Waals surface area contributed by atoms with Gasteiger partial charge in [0.15, 0.2) is 6.10 Å². The number of nitrogens with one attached hydrogen (secondary N) is 2. The number of ether oxygens (including phenoxy) is 3. The van der Waals surface area contributed by atoms with Crippen LogP contribution >= 0.6 is 7.82 Å². The number of alkyl carbamates (subject to hydrolysis) is 1. The molecule has 1 fully saturated rings. The molecule has 1 aliphatic rings. The summed E-state index contributed by atoms with van der Waals surface area (Å²) in [5.74, 6) is -1.81. The zero-order valence-corrected chi connectivity index (χ0v) is 20.9. The van der Waals surface area contributed by atoms with Crippen LogP contribution < -0.4 is 16.4 Å². The topological polar surface area (TPSA) is 191 Å². The average Bonchev–Trinajstić information content (AvgIpc) is 2.77. The monoisotopic (exact) mass is 511 g/mol. The molecule has 0 bridgehead atoms. The van der Waals surface area contributed by atoms with E-state index < -0.39 is 56.1 Å². The van der Waals surface area contributed by atoms with Crippen molar-refractivity contribution in [3.8, 4) is 0 Å². The molecule has 1 heterocycles. The van der Waals surface area contributed by atoms with Gasteiger partial charge in [0.1, 0.15) is 12.6 Å². The fourth-order valence-corrected chi connectivity index (χ4v) is 3.95. The van der Waals surface area contributed by atoms with E-state index in [2.05, 4.69) is 15.4 Å². The Labute approximate surface area is 198 Å². The standard InChI is InChI=1S/C19H34N3O11P/c1-12(2)14(20)17(25)29-9-8-22-18(26)30-11-32-34(27)31-10-19(3,4)15(33-34)16(24)21-7-6-13(23)28-5/h12,14-15H,6-11,20H2,1-5H3,(H,21,24)(H,22,26)/t14?,15-,34?/m0/s1. The molecule has 0 aliphatic carbocycles. The van der Waals surface area contributed by atoms with Gasteiger partial charge in [-0.25, -0.2) is 13.9 Å². The van der Waals surface area contributed by atoms with Gasteiger partial charge >= 0.3 is 25.9 Å². The number of esters is 2. The maximum Gasteiger partial charge on any atom is 0.478 e. The quantitative estimate of drug-likeness (QED) is 0.108. The summed E-state index contributed by atoms with van der Waals surface area (Å²) in [6, 6.07) is -0.767. The highest BCUT2D eigenvalue weighted by Gasteiger charge is 2.49. The molecule has 1 aliphatic heterocycles. The number of nitrogens with two attached hydrogens (primary N) is 1. The average molecular weight is 511 g/mol. The van der Waals surface area contributed by atoms with Gasteiger partial charge in [-0.05, 0) is 5.92 Å². The van der Waals surface area contributed by atoms with E-state index in [9.17, 15) is 23.7 Å². The van der Waals surface area contributed by atoms with Gasteiger partial charge in [-0.3, -0.25) is 23.4 Å². The van der Waals surface area contributed by atoms with E-state index >= 15 is 0 Å². The Bertz CT molecular complexity index is 775. The maximum absolute atomic E-state index is 12.7. The molecule has 0 aromatic carbocycles. The smallest absolute Gasteiger partial charge is 0.469 e. The Hall–Kier alpha value is -2.25. The largest absolute Gasteiger partial charge is 0.478 e. The number of carbonyl (C=O) groups excluding carboxylic acids is 4. The first-order valence-corrected chi connectivity index (χ1v) is 12.0. The number of amides is 2. The lowest BCUT2D eigenvalue weighted by Crippen LogP contribution is -2.50. The zero-order chi connectivity index (χ0) is 25.9. The van der Waals surface area contributed by atoms with Crippen molar-refractivity contribution in [2.75, 3.05) is 40.2 Å². The Morgan fingerprint density at radius 1 is 1.15 bits per heavy atom. The normalized spacial score (nSPS) is 22.4. The minimum atomic E-state index is -4.22. The molecule has 0 aromatic heterocycles. The van der Waals surface area contributed by atoms with Crippen LogP contribution in [0, 0.1) is 11.3 Å². The van der Waals surface area contributed by atoms with Crippen molar-refractivity contribution in [2.45, 2.75) is 46.3 Å². The Balaban J connectivity index is 2.42. The highest BCUT2D eigenvalue weighted by atomic mass is 31.2. The minimum absolute atomic E-state index is 0.00450. The molecule has 0 aromatic rings. The highest BCUT2D eigenvalue weighted by Crippen LogP contribution is 2.57. The first kappa shape index (κ1) is 29.8. The molecule has 4 N–H and O–H groups in total. The van der Waals surface area contributed by atoms with Crippen molar-refractivity contribution < 1.29 is 51.5 Å². The van der Waals surface area contributed by atoms with Crippen molar-refractivity contribution in [3.05, 3.63) is 0 Å². The molecule has 1 saturated heterocycles. The second kappa shape index (κ2) is 13.6. The third-order valence-electron chi connectivity index (χ3n) is 4.64. The molecule has 196 valence electrons. The van der Waals surface area contributed by atoms with Gasteiger partial charge in [0.05, 0.1) is 26.7 Å². The van der Waals surface area contributed by atoms with Crippen LogP contribution in [0.5, 0.6) is 0 Å². The first-order chi connectivity index (χ1) is 15.8. The molecule has 2 unspecified atom stereocenters. The van der Waals surface area contributed by atoms with Gasteiger partial charge in [-0.1, -0.05) is 27.7 Å². The van der Waals surface area contributed by atoms with Crippen molar-refractivity contribution in [1.82, 2.24) is 10.6 Å². The van der Waals surface area contributed by atoms with Crippen LogP contribution in [0.25, 0.3) is 0 Å². The van der Waals surface area contributed by atoms with Crippen molar-refractivity contribution in [3.63, 3.8) is 0 Å². The summed E-state index contributed by atoms with van der Waals surface area (Å²) in [4.78, 5) is 47.0. The van der Waals surface area contributed by atoms with E-state index in [1.54, 1.807) is 27.7 Å². The fourth-order valence-electron chi connectivity index (χ4n) is 2.44. The van der Waals surface area contributed by atoms with Crippen molar-refractivity contribution >= 4 is 31.8 Å². The van der Waals surface area contributed by atoms with E-state index in [1.807, 2.05) is 0 Å². The van der Waals surface area contributed by atoms with Crippen LogP contribution in [-0.2, 0) is 46.7 Å². The third kappa shape index (κ3) is 9.94. The van der Waals surface area contributed by atoms with Gasteiger partial charge in [0.2, 0.25) is 12.7 Å². The number of rotatable bonds is 12. The van der Waals surface area contributed by atoms with Crippen molar-refractivity contribution in [2.24, 2.45) is 17.1 Å². The number of hydrogen-bond donors (Lipinski definition) is 3. The van der Waals surface area contributed by atoms with Gasteiger partial charge in [0.25, 0.3) is 0 Å². The summed E-state index contributed by atoms with van der Waals surface area (Å²) < 4.78 is 42.2. The molecule has 0 saturated carbocycles. The second-order valence-electron chi connectivity index (χ2n) is 8.35. The lowest BCUT2D eigenvalue weighted by Gasteiger charge is -2.39. The molecule has 1 rings (SSSR count). The summed E-state index contributed by atoms with van der Waals surface area (Å²) in [7, 11) is -3.00. The molecular formula is C19H34N3O11P. The Morgan fingerprint density at radius 3 is 2.44 bits per heavy atom. The van der Waals surface area contributed by atoms with Crippen LogP contribution in [0.4, 0.5) is 4.79 Å². The summed E-state index contributed by atoms with van der Waals surface area (Å²) in [6.07, 6.45) is -2.21. The predicted molar refractivity (Wildman–Crippen MR) is 116 cm³/mol. The summed E-state index contributed by atoms with van der Waals surface area (Å²) >= 11 is 0. The molecular weight excluding hydrogens is 477 g/mol. The first-order valence-electron chi connectivity index (χ1n) is 10.6. The molecule has 34 heavy (non-hydrogen) atoms. The fraction of sp³-hybridized carbons (Fsp3) is 0.789. The van der Waals surface area contributed by atoms with E-state index in [1.165, 1.54) is 7.11 Å². The molecule has 14 nitrogen and oxygen atoms in total. The summed E-state index contributed by atoms with van der Waals surface area (Å²) in [5.41, 5.74) is 4.78. The van der Waals surface area contributed by atoms with Crippen LogP contribution in [0.15, 0.2) is 0 Å². The highest BCUT2D eigenvalue weighted by molar-refractivity contribution is 7.48. The molecule has 15 heteroatoms. The molecule has 3 atom stereocenters. The molecule has 0 spiro atoms. The van der Waals surface area contributed by atoms with E-state index in [0.29, 0.717) is 0 Å². The SMILES string of the molecule is COC(=O)CCNC(=O)[C@@H]1OP(=O)(OCOC(=O)NCCOC(=O)C(N)C(C)C)OCC1(C)C. The van der Waals surface area contributed by atoms with E-state index in [4.69, 9.17) is 28.8 Å². The summed E-state index contributed by atoms with van der Waals surface area (Å²) in [6.45, 7) is 5.74. The van der Waals surface area contributed by atoms with Crippen LogP contribution in [0.3, 0.4) is 0 Å². The number of carbonyl (C=O) groups is 4. The molecule has 2 amide bonds. The number of phosphoric ester groups is 1. The van der Waals surface area contributed by atoms with E-state index in [0.717, 1.165) is 0 Å². The maximum atomic E-state index is 12.7. The van der Waals surface area contributed by atoms with Gasteiger partial charge < -0.3 is 30.6 Å². The molecule has 0 radical (unpaired) electrons. The Morgan fingerprint density at radius 2 is 1.82 bits per heavy atom. The van der Waals surface area contributed by atoms with Gasteiger partial charge in [-0.15, -0.1) is 0 Å². The van der Waals surface area contributed by atoms with Gasteiger partial charge in [-0.2, -0.15) is 0 Å². The van der Waals surface area contributed by atoms with Crippen molar-refractivity contribution in [1.29, 1.82) is 0 Å². The number of phosphoric acid groups is 1. The summed E-state index contributed by atoms with van der Waals surface area (Å²) in [5, 5.41) is 4.80. The van der Waals surface area contributed by atoms with Gasteiger partial charge in [0, 0.05) is 12.0 Å². The van der Waals surface area contributed by atoms with Crippen LogP contribution in [0.2, 0.25) is 0 Å². The number of methoxy groups -OCH3 is 1. The zero-order valence-electron chi connectivity index (χ0n) is 20.0. The minimum Gasteiger partial charge on any atom is -0.469 e. The van der Waals surface area contributed by atoms with Crippen LogP contribution in [-0.4, -0.2) is 76.3 Å². The third-order valence-corrected chi connectivity index (χ3v) is 5.98. The lowest BCUT2D eigenvalue weighted by atomic mass is 9.87. The Kier molecular flexibility index (Phi) is 11.9.